The summed E-state index contributed by atoms with van der Waals surface area (Å²) < 4.78 is 21.8. The highest BCUT2D eigenvalue weighted by Gasteiger charge is 2.38. The minimum absolute atomic E-state index is 0.0420. The van der Waals surface area contributed by atoms with Crippen LogP contribution >= 0.6 is 10.7 Å². The van der Waals surface area contributed by atoms with Crippen LogP contribution in [0.5, 0.6) is 0 Å². The number of rotatable bonds is 3. The molecule has 18 heavy (non-hydrogen) atoms. The lowest BCUT2D eigenvalue weighted by molar-refractivity contribution is -0.119. The number of carbonyl (C=O) groups excluding carboxylic acids is 1. The van der Waals surface area contributed by atoms with Crippen LogP contribution in [-0.4, -0.2) is 20.1 Å². The molecular weight excluding hydrogens is 274 g/mol. The van der Waals surface area contributed by atoms with Gasteiger partial charge in [0.2, 0.25) is 15.0 Å². The minimum atomic E-state index is -3.49. The Morgan fingerprint density at radius 3 is 2.61 bits per heavy atom. The van der Waals surface area contributed by atoms with E-state index in [0.29, 0.717) is 6.42 Å². The van der Waals surface area contributed by atoms with E-state index in [-0.39, 0.29) is 11.7 Å². The van der Waals surface area contributed by atoms with Gasteiger partial charge >= 0.3 is 0 Å². The number of nitrogens with one attached hydrogen (secondary N) is 1. The fourth-order valence-corrected chi connectivity index (χ4v) is 2.72. The Morgan fingerprint density at radius 2 is 2.00 bits per heavy atom. The van der Waals surface area contributed by atoms with Crippen LogP contribution in [0.25, 0.3) is 0 Å². The molecule has 1 aromatic rings. The van der Waals surface area contributed by atoms with Gasteiger partial charge in [0, 0.05) is 16.4 Å². The van der Waals surface area contributed by atoms with Crippen molar-refractivity contribution in [2.45, 2.75) is 25.7 Å². The first-order valence-electron chi connectivity index (χ1n) is 5.57. The average Bonchev–Trinajstić information content (AvgIpc) is 2.47. The summed E-state index contributed by atoms with van der Waals surface area (Å²) in [6.45, 7) is 3.69. The highest BCUT2D eigenvalue weighted by Crippen LogP contribution is 2.37. The van der Waals surface area contributed by atoms with Gasteiger partial charge in [0.1, 0.15) is 0 Å². The van der Waals surface area contributed by atoms with Crippen molar-refractivity contribution in [2.24, 2.45) is 0 Å². The van der Waals surface area contributed by atoms with E-state index in [1.165, 1.54) is 0 Å². The van der Waals surface area contributed by atoms with Gasteiger partial charge in [-0.15, -0.1) is 0 Å². The molecule has 0 radical (unpaired) electrons. The molecule has 1 aliphatic heterocycles. The number of anilines is 1. The molecule has 1 aromatic carbocycles. The summed E-state index contributed by atoms with van der Waals surface area (Å²) in [6.07, 6.45) is 0.351. The standard InChI is InChI=1S/C12H14ClNO3S/c1-12(2)9-7-8(5-6-18(13,16)17)3-4-10(9)14-11(12)15/h3-4,7H,5-6H2,1-2H3,(H,14,15). The van der Waals surface area contributed by atoms with Gasteiger partial charge in [-0.3, -0.25) is 4.79 Å². The summed E-state index contributed by atoms with van der Waals surface area (Å²) in [5.74, 6) is -0.144. The maximum Gasteiger partial charge on any atom is 0.234 e. The first kappa shape index (κ1) is 13.4. The van der Waals surface area contributed by atoms with Gasteiger partial charge in [-0.1, -0.05) is 12.1 Å². The Hall–Kier alpha value is -1.07. The first-order valence-corrected chi connectivity index (χ1v) is 8.05. The van der Waals surface area contributed by atoms with Crippen molar-refractivity contribution in [3.8, 4) is 0 Å². The summed E-state index contributed by atoms with van der Waals surface area (Å²) in [7, 11) is 1.70. The Labute approximate surface area is 111 Å². The van der Waals surface area contributed by atoms with Crippen molar-refractivity contribution < 1.29 is 13.2 Å². The maximum absolute atomic E-state index is 11.8. The fraction of sp³-hybridized carbons (Fsp3) is 0.417. The number of aryl methyl sites for hydroxylation is 1. The average molecular weight is 288 g/mol. The van der Waals surface area contributed by atoms with E-state index in [1.54, 1.807) is 6.07 Å². The molecule has 1 N–H and O–H groups in total. The molecule has 6 heteroatoms. The second-order valence-electron chi connectivity index (χ2n) is 4.95. The largest absolute Gasteiger partial charge is 0.325 e. The van der Waals surface area contributed by atoms with E-state index in [4.69, 9.17) is 10.7 Å². The zero-order valence-electron chi connectivity index (χ0n) is 10.2. The smallest absolute Gasteiger partial charge is 0.234 e. The molecule has 0 aliphatic carbocycles. The zero-order valence-corrected chi connectivity index (χ0v) is 11.7. The molecule has 0 aromatic heterocycles. The summed E-state index contributed by atoms with van der Waals surface area (Å²) in [6, 6.07) is 5.48. The Bertz CT molecular complexity index is 608. The normalized spacial score (nSPS) is 17.4. The van der Waals surface area contributed by atoms with Crippen molar-refractivity contribution in [2.75, 3.05) is 11.1 Å². The van der Waals surface area contributed by atoms with Crippen LogP contribution in [0.15, 0.2) is 18.2 Å². The van der Waals surface area contributed by atoms with Gasteiger partial charge in [0.05, 0.1) is 11.2 Å². The Balaban J connectivity index is 2.29. The van der Waals surface area contributed by atoms with Crippen LogP contribution in [-0.2, 0) is 25.7 Å². The SMILES string of the molecule is CC1(C)C(=O)Nc2ccc(CCS(=O)(=O)Cl)cc21. The maximum atomic E-state index is 11.8. The number of hydrogen-bond acceptors (Lipinski definition) is 3. The summed E-state index contributed by atoms with van der Waals surface area (Å²) >= 11 is 0. The number of carbonyl (C=O) groups is 1. The number of hydrogen-bond donors (Lipinski definition) is 1. The predicted octanol–water partition coefficient (Wildman–Crippen LogP) is 2.03. The van der Waals surface area contributed by atoms with E-state index >= 15 is 0 Å². The summed E-state index contributed by atoms with van der Waals surface area (Å²) in [5.41, 5.74) is 1.98. The Morgan fingerprint density at radius 1 is 1.33 bits per heavy atom. The monoisotopic (exact) mass is 287 g/mol. The number of amides is 1. The van der Waals surface area contributed by atoms with Gasteiger partial charge in [-0.05, 0) is 37.5 Å². The van der Waals surface area contributed by atoms with Gasteiger partial charge in [0.15, 0.2) is 0 Å². The Kier molecular flexibility index (Phi) is 3.15. The van der Waals surface area contributed by atoms with Crippen LogP contribution in [0.1, 0.15) is 25.0 Å². The van der Waals surface area contributed by atoms with Crippen molar-refractivity contribution in [1.29, 1.82) is 0 Å². The lowest BCUT2D eigenvalue weighted by atomic mass is 9.85. The van der Waals surface area contributed by atoms with E-state index < -0.39 is 14.5 Å². The van der Waals surface area contributed by atoms with Gasteiger partial charge in [0.25, 0.3) is 0 Å². The second kappa shape index (κ2) is 4.24. The molecule has 0 saturated heterocycles. The third-order valence-corrected chi connectivity index (χ3v) is 4.36. The first-order chi connectivity index (χ1) is 8.20. The number of benzene rings is 1. The van der Waals surface area contributed by atoms with Gasteiger partial charge in [-0.25, -0.2) is 8.42 Å². The molecule has 0 bridgehead atoms. The molecule has 0 atom stereocenters. The number of fused-ring (bicyclic) bond motifs is 1. The predicted molar refractivity (Wildman–Crippen MR) is 71.4 cm³/mol. The third-order valence-electron chi connectivity index (χ3n) is 3.21. The van der Waals surface area contributed by atoms with Crippen LogP contribution in [0, 0.1) is 0 Å². The van der Waals surface area contributed by atoms with E-state index in [0.717, 1.165) is 16.8 Å². The lowest BCUT2D eigenvalue weighted by Crippen LogP contribution is -2.26. The van der Waals surface area contributed by atoms with Gasteiger partial charge in [-0.2, -0.15) is 0 Å². The fourth-order valence-electron chi connectivity index (χ4n) is 2.01. The molecule has 4 nitrogen and oxygen atoms in total. The molecule has 0 fully saturated rings. The molecular formula is C12H14ClNO3S. The van der Waals surface area contributed by atoms with E-state index in [9.17, 15) is 13.2 Å². The van der Waals surface area contributed by atoms with E-state index in [2.05, 4.69) is 5.32 Å². The molecule has 1 amide bonds. The van der Waals surface area contributed by atoms with Crippen LogP contribution in [0.4, 0.5) is 5.69 Å². The molecule has 1 heterocycles. The number of halogens is 1. The van der Waals surface area contributed by atoms with Crippen molar-refractivity contribution in [3.05, 3.63) is 29.3 Å². The van der Waals surface area contributed by atoms with Gasteiger partial charge < -0.3 is 5.32 Å². The minimum Gasteiger partial charge on any atom is -0.325 e. The van der Waals surface area contributed by atoms with Crippen molar-refractivity contribution in [3.63, 3.8) is 0 Å². The molecule has 0 spiro atoms. The van der Waals surface area contributed by atoms with E-state index in [1.807, 2.05) is 26.0 Å². The summed E-state index contributed by atoms with van der Waals surface area (Å²) in [4.78, 5) is 11.8. The third kappa shape index (κ3) is 2.52. The highest BCUT2D eigenvalue weighted by atomic mass is 35.7. The molecule has 2 rings (SSSR count). The summed E-state index contributed by atoms with van der Waals surface area (Å²) in [5, 5.41) is 2.80. The van der Waals surface area contributed by atoms with Crippen molar-refractivity contribution >= 4 is 31.3 Å². The lowest BCUT2D eigenvalue weighted by Gasteiger charge is -2.15. The molecule has 0 saturated carbocycles. The molecule has 1 aliphatic rings. The quantitative estimate of drug-likeness (QED) is 0.865. The van der Waals surface area contributed by atoms with Crippen molar-refractivity contribution in [1.82, 2.24) is 0 Å². The molecule has 0 unspecified atom stereocenters. The van der Waals surface area contributed by atoms with Crippen LogP contribution in [0.2, 0.25) is 0 Å². The molecule has 98 valence electrons. The van der Waals surface area contributed by atoms with Crippen LogP contribution in [0.3, 0.4) is 0 Å². The topological polar surface area (TPSA) is 63.2 Å². The second-order valence-corrected chi connectivity index (χ2v) is 7.85. The highest BCUT2D eigenvalue weighted by molar-refractivity contribution is 8.13. The zero-order chi connectivity index (χ0) is 13.6. The van der Waals surface area contributed by atoms with Crippen LogP contribution < -0.4 is 5.32 Å².